The van der Waals surface area contributed by atoms with E-state index in [0.29, 0.717) is 5.16 Å². The number of carbonyl (C=O) groups excluding carboxylic acids is 1. The fourth-order valence-corrected chi connectivity index (χ4v) is 3.18. The molecular formula is C18H20N4O2S. The maximum Gasteiger partial charge on any atom is 0.237 e. The van der Waals surface area contributed by atoms with Crippen molar-refractivity contribution in [3.8, 4) is 11.4 Å². The van der Waals surface area contributed by atoms with Gasteiger partial charge in [0.2, 0.25) is 5.91 Å². The van der Waals surface area contributed by atoms with Gasteiger partial charge < -0.3 is 14.3 Å². The van der Waals surface area contributed by atoms with Gasteiger partial charge in [0.1, 0.15) is 5.76 Å². The van der Waals surface area contributed by atoms with E-state index in [0.717, 1.165) is 28.4 Å². The Bertz CT molecular complexity index is 883. The van der Waals surface area contributed by atoms with E-state index in [-0.39, 0.29) is 11.2 Å². The van der Waals surface area contributed by atoms with Gasteiger partial charge >= 0.3 is 0 Å². The molecule has 0 saturated carbocycles. The van der Waals surface area contributed by atoms with Crippen LogP contribution in [0.3, 0.4) is 0 Å². The van der Waals surface area contributed by atoms with Crippen LogP contribution in [0.5, 0.6) is 0 Å². The molecule has 1 aromatic carbocycles. The van der Waals surface area contributed by atoms with Gasteiger partial charge in [-0.1, -0.05) is 29.5 Å². The maximum atomic E-state index is 12.4. The highest BCUT2D eigenvalue weighted by molar-refractivity contribution is 8.00. The number of anilines is 1. The largest absolute Gasteiger partial charge is 0.469 e. The Morgan fingerprint density at radius 1 is 1.20 bits per heavy atom. The number of hydrogen-bond donors (Lipinski definition) is 1. The maximum absolute atomic E-state index is 12.4. The molecule has 0 spiro atoms. The van der Waals surface area contributed by atoms with Crippen molar-refractivity contribution < 1.29 is 9.21 Å². The summed E-state index contributed by atoms with van der Waals surface area (Å²) >= 11 is 1.37. The van der Waals surface area contributed by atoms with Crippen LogP contribution in [0.1, 0.15) is 18.2 Å². The Hall–Kier alpha value is -2.54. The minimum Gasteiger partial charge on any atom is -0.469 e. The number of thioether (sulfide) groups is 1. The Labute approximate surface area is 150 Å². The minimum atomic E-state index is -0.303. The number of aromatic nitrogens is 3. The summed E-state index contributed by atoms with van der Waals surface area (Å²) in [5, 5.41) is 11.7. The molecular weight excluding hydrogens is 336 g/mol. The second kappa shape index (κ2) is 7.14. The number of furan rings is 1. The van der Waals surface area contributed by atoms with E-state index in [4.69, 9.17) is 4.42 Å². The number of nitrogens with one attached hydrogen (secondary N) is 1. The third-order valence-corrected chi connectivity index (χ3v) is 5.04. The van der Waals surface area contributed by atoms with E-state index in [1.54, 1.807) is 6.26 Å². The monoisotopic (exact) mass is 356 g/mol. The second-order valence-corrected chi connectivity index (χ2v) is 7.18. The van der Waals surface area contributed by atoms with Crippen LogP contribution >= 0.6 is 11.8 Å². The zero-order valence-electron chi connectivity index (χ0n) is 14.6. The fraction of sp³-hybridized carbons (Fsp3) is 0.278. The van der Waals surface area contributed by atoms with Crippen molar-refractivity contribution >= 4 is 23.4 Å². The number of carbonyl (C=O) groups is 1. The van der Waals surface area contributed by atoms with Gasteiger partial charge in [0.05, 0.1) is 17.1 Å². The molecule has 1 atom stereocenters. The Balaban J connectivity index is 1.69. The lowest BCUT2D eigenvalue weighted by Gasteiger charge is -2.11. The summed E-state index contributed by atoms with van der Waals surface area (Å²) < 4.78 is 7.20. The first-order valence-electron chi connectivity index (χ1n) is 7.93. The summed E-state index contributed by atoms with van der Waals surface area (Å²) in [6.45, 7) is 5.75. The summed E-state index contributed by atoms with van der Waals surface area (Å²) in [5.41, 5.74) is 2.84. The summed E-state index contributed by atoms with van der Waals surface area (Å²) in [6, 6.07) is 9.59. The van der Waals surface area contributed by atoms with E-state index in [1.165, 1.54) is 11.8 Å². The van der Waals surface area contributed by atoms with Crippen LogP contribution in [0.2, 0.25) is 0 Å². The van der Waals surface area contributed by atoms with Crippen LogP contribution < -0.4 is 5.32 Å². The number of aryl methyl sites for hydroxylation is 2. The Kier molecular flexibility index (Phi) is 4.94. The molecule has 25 heavy (non-hydrogen) atoms. The molecule has 0 aliphatic carbocycles. The van der Waals surface area contributed by atoms with Gasteiger partial charge in [-0.05, 0) is 39.0 Å². The van der Waals surface area contributed by atoms with Gasteiger partial charge in [-0.15, -0.1) is 10.2 Å². The van der Waals surface area contributed by atoms with Gasteiger partial charge in [-0.3, -0.25) is 4.79 Å². The molecule has 1 amide bonds. The molecule has 3 rings (SSSR count). The van der Waals surface area contributed by atoms with Gasteiger partial charge in [0.25, 0.3) is 0 Å². The topological polar surface area (TPSA) is 73.0 Å². The third-order valence-electron chi connectivity index (χ3n) is 3.91. The third kappa shape index (κ3) is 3.76. The van der Waals surface area contributed by atoms with Gasteiger partial charge in [-0.25, -0.2) is 0 Å². The molecule has 0 aliphatic heterocycles. The lowest BCUT2D eigenvalue weighted by Crippen LogP contribution is -2.22. The molecule has 0 aliphatic rings. The van der Waals surface area contributed by atoms with Crippen LogP contribution in [-0.2, 0) is 11.8 Å². The zero-order chi connectivity index (χ0) is 18.0. The molecule has 2 aromatic heterocycles. The number of nitrogens with zero attached hydrogens (tertiary/aromatic N) is 3. The van der Waals surface area contributed by atoms with E-state index in [2.05, 4.69) is 15.5 Å². The van der Waals surface area contributed by atoms with Crippen molar-refractivity contribution in [2.24, 2.45) is 7.05 Å². The molecule has 130 valence electrons. The average molecular weight is 356 g/mol. The number of rotatable bonds is 5. The van der Waals surface area contributed by atoms with Crippen molar-refractivity contribution in [1.29, 1.82) is 0 Å². The SMILES string of the molecule is Cc1ccc(NC(=O)[C@@H](C)Sc2nnc(-c3ccoc3C)n2C)cc1. The van der Waals surface area contributed by atoms with Crippen molar-refractivity contribution in [2.45, 2.75) is 31.2 Å². The summed E-state index contributed by atoms with van der Waals surface area (Å²) in [5.74, 6) is 1.44. The lowest BCUT2D eigenvalue weighted by atomic mass is 10.2. The van der Waals surface area contributed by atoms with Crippen molar-refractivity contribution in [2.75, 3.05) is 5.32 Å². The van der Waals surface area contributed by atoms with Crippen molar-refractivity contribution in [1.82, 2.24) is 14.8 Å². The molecule has 0 radical (unpaired) electrons. The number of hydrogen-bond acceptors (Lipinski definition) is 5. The Morgan fingerprint density at radius 3 is 2.56 bits per heavy atom. The fourth-order valence-electron chi connectivity index (χ4n) is 2.36. The molecule has 0 fully saturated rings. The molecule has 0 bridgehead atoms. The van der Waals surface area contributed by atoms with Crippen LogP contribution in [0.25, 0.3) is 11.4 Å². The number of amides is 1. The molecule has 0 saturated heterocycles. The number of benzene rings is 1. The molecule has 2 heterocycles. The van der Waals surface area contributed by atoms with Crippen LogP contribution in [0.4, 0.5) is 5.69 Å². The predicted molar refractivity (Wildman–Crippen MR) is 98.6 cm³/mol. The highest BCUT2D eigenvalue weighted by Crippen LogP contribution is 2.28. The van der Waals surface area contributed by atoms with Gasteiger partial charge in [-0.2, -0.15) is 0 Å². The zero-order valence-corrected chi connectivity index (χ0v) is 15.4. The van der Waals surface area contributed by atoms with E-state index >= 15 is 0 Å². The summed E-state index contributed by atoms with van der Waals surface area (Å²) in [4.78, 5) is 12.4. The molecule has 3 aromatic rings. The second-order valence-electron chi connectivity index (χ2n) is 5.87. The predicted octanol–water partition coefficient (Wildman–Crippen LogP) is 3.81. The first kappa shape index (κ1) is 17.3. The molecule has 6 nitrogen and oxygen atoms in total. The quantitative estimate of drug-likeness (QED) is 0.704. The normalized spacial score (nSPS) is 12.2. The van der Waals surface area contributed by atoms with Crippen LogP contribution in [-0.4, -0.2) is 25.9 Å². The minimum absolute atomic E-state index is 0.0714. The standard InChI is InChI=1S/C18H20N4O2S/c1-11-5-7-14(8-6-11)19-17(23)13(3)25-18-21-20-16(22(18)4)15-9-10-24-12(15)2/h5-10,13H,1-4H3,(H,19,23)/t13-/m1/s1. The van der Waals surface area contributed by atoms with E-state index in [1.807, 2.05) is 62.7 Å². The lowest BCUT2D eigenvalue weighted by molar-refractivity contribution is -0.115. The molecule has 0 unspecified atom stereocenters. The van der Waals surface area contributed by atoms with E-state index in [9.17, 15) is 4.79 Å². The first-order valence-corrected chi connectivity index (χ1v) is 8.81. The molecule has 1 N–H and O–H groups in total. The van der Waals surface area contributed by atoms with Gasteiger partial charge in [0.15, 0.2) is 11.0 Å². The summed E-state index contributed by atoms with van der Waals surface area (Å²) in [6.07, 6.45) is 1.63. The highest BCUT2D eigenvalue weighted by Gasteiger charge is 2.20. The van der Waals surface area contributed by atoms with Crippen LogP contribution in [0, 0.1) is 13.8 Å². The van der Waals surface area contributed by atoms with E-state index < -0.39 is 0 Å². The smallest absolute Gasteiger partial charge is 0.237 e. The van der Waals surface area contributed by atoms with Crippen LogP contribution in [0.15, 0.2) is 46.2 Å². The molecule has 7 heteroatoms. The average Bonchev–Trinajstić information content (AvgIpc) is 3.16. The highest BCUT2D eigenvalue weighted by atomic mass is 32.2. The van der Waals surface area contributed by atoms with Gasteiger partial charge in [0, 0.05) is 12.7 Å². The van der Waals surface area contributed by atoms with Crippen molar-refractivity contribution in [3.05, 3.63) is 47.9 Å². The first-order chi connectivity index (χ1) is 12.0. The summed E-state index contributed by atoms with van der Waals surface area (Å²) in [7, 11) is 1.88. The Morgan fingerprint density at radius 2 is 1.92 bits per heavy atom. The van der Waals surface area contributed by atoms with Crippen molar-refractivity contribution in [3.63, 3.8) is 0 Å².